The molecule has 0 saturated heterocycles. The number of aromatic nitrogens is 3. The lowest BCUT2D eigenvalue weighted by atomic mass is 10.1. The lowest BCUT2D eigenvalue weighted by molar-refractivity contribution is 0.102. The highest BCUT2D eigenvalue weighted by Gasteiger charge is 2.13. The Morgan fingerprint density at radius 3 is 2.86 bits per heavy atom. The lowest BCUT2D eigenvalue weighted by Crippen LogP contribution is -2.12. The first-order valence-electron chi connectivity index (χ1n) is 7.01. The number of pyridine rings is 1. The van der Waals surface area contributed by atoms with Gasteiger partial charge in [0, 0.05) is 24.5 Å². The SMILES string of the molecule is CCn1cc2c(O)cc(C(=O)Nc3ccc(C)cn3)cc2n1. The molecule has 0 atom stereocenters. The van der Waals surface area contributed by atoms with E-state index in [-0.39, 0.29) is 11.7 Å². The molecule has 3 rings (SSSR count). The molecule has 6 nitrogen and oxygen atoms in total. The first-order chi connectivity index (χ1) is 10.6. The molecule has 2 aromatic heterocycles. The summed E-state index contributed by atoms with van der Waals surface area (Å²) >= 11 is 0. The number of carbonyl (C=O) groups excluding carboxylic acids is 1. The van der Waals surface area contributed by atoms with Crippen LogP contribution in [0.4, 0.5) is 5.82 Å². The summed E-state index contributed by atoms with van der Waals surface area (Å²) in [5.41, 5.74) is 1.94. The summed E-state index contributed by atoms with van der Waals surface area (Å²) in [5.74, 6) is 0.174. The van der Waals surface area contributed by atoms with E-state index < -0.39 is 0 Å². The van der Waals surface area contributed by atoms with Crippen LogP contribution in [0.5, 0.6) is 5.75 Å². The second-order valence-corrected chi connectivity index (χ2v) is 5.09. The zero-order chi connectivity index (χ0) is 15.7. The second-order valence-electron chi connectivity index (χ2n) is 5.09. The third-order valence-electron chi connectivity index (χ3n) is 3.39. The Balaban J connectivity index is 1.91. The monoisotopic (exact) mass is 296 g/mol. The highest BCUT2D eigenvalue weighted by Crippen LogP contribution is 2.26. The van der Waals surface area contributed by atoms with Gasteiger partial charge in [0.1, 0.15) is 11.6 Å². The predicted molar refractivity (Wildman–Crippen MR) is 84.0 cm³/mol. The average molecular weight is 296 g/mol. The van der Waals surface area contributed by atoms with Crippen LogP contribution in [0.15, 0.2) is 36.7 Å². The molecule has 0 aliphatic carbocycles. The van der Waals surface area contributed by atoms with E-state index in [1.807, 2.05) is 19.9 Å². The van der Waals surface area contributed by atoms with E-state index in [1.54, 1.807) is 29.2 Å². The fraction of sp³-hybridized carbons (Fsp3) is 0.188. The van der Waals surface area contributed by atoms with Crippen molar-refractivity contribution in [3.63, 3.8) is 0 Å². The molecule has 2 heterocycles. The molecule has 2 N–H and O–H groups in total. The van der Waals surface area contributed by atoms with Crippen molar-refractivity contribution < 1.29 is 9.90 Å². The van der Waals surface area contributed by atoms with Crippen LogP contribution in [0.1, 0.15) is 22.8 Å². The number of carbonyl (C=O) groups is 1. The van der Waals surface area contributed by atoms with Crippen LogP contribution in [0.2, 0.25) is 0 Å². The van der Waals surface area contributed by atoms with Crippen LogP contribution in [0, 0.1) is 6.92 Å². The fourth-order valence-electron chi connectivity index (χ4n) is 2.18. The number of nitrogens with zero attached hydrogens (tertiary/aromatic N) is 3. The van der Waals surface area contributed by atoms with Gasteiger partial charge in [0.2, 0.25) is 0 Å². The molecule has 22 heavy (non-hydrogen) atoms. The Labute approximate surface area is 127 Å². The van der Waals surface area contributed by atoms with Gasteiger partial charge in [-0.15, -0.1) is 0 Å². The molecule has 0 aliphatic rings. The molecule has 0 radical (unpaired) electrons. The van der Waals surface area contributed by atoms with Crippen LogP contribution in [0.3, 0.4) is 0 Å². The fourth-order valence-corrected chi connectivity index (χ4v) is 2.18. The number of hydrogen-bond acceptors (Lipinski definition) is 4. The van der Waals surface area contributed by atoms with E-state index in [2.05, 4.69) is 15.4 Å². The number of anilines is 1. The quantitative estimate of drug-likeness (QED) is 0.778. The number of fused-ring (bicyclic) bond motifs is 1. The standard InChI is InChI=1S/C16H16N4O2/c1-3-20-9-12-13(19-20)6-11(7-14(12)21)16(22)18-15-5-4-10(2)8-17-15/h4-9,21H,3H2,1-2H3,(H,17,18,22). The van der Waals surface area contributed by atoms with Crippen LogP contribution in [-0.4, -0.2) is 25.8 Å². The topological polar surface area (TPSA) is 80.0 Å². The molecule has 0 bridgehead atoms. The largest absolute Gasteiger partial charge is 0.507 e. The van der Waals surface area contributed by atoms with Crippen LogP contribution in [0.25, 0.3) is 10.9 Å². The summed E-state index contributed by atoms with van der Waals surface area (Å²) in [7, 11) is 0. The Morgan fingerprint density at radius 1 is 1.36 bits per heavy atom. The molecule has 0 fully saturated rings. The van der Waals surface area contributed by atoms with Gasteiger partial charge >= 0.3 is 0 Å². The van der Waals surface area contributed by atoms with E-state index >= 15 is 0 Å². The van der Waals surface area contributed by atoms with Gasteiger partial charge in [-0.3, -0.25) is 9.48 Å². The van der Waals surface area contributed by atoms with Gasteiger partial charge in [-0.25, -0.2) is 4.98 Å². The molecule has 6 heteroatoms. The highest BCUT2D eigenvalue weighted by molar-refractivity contribution is 6.06. The Morgan fingerprint density at radius 2 is 2.18 bits per heavy atom. The average Bonchev–Trinajstić information content (AvgIpc) is 2.93. The van der Waals surface area contributed by atoms with Crippen molar-refractivity contribution in [2.75, 3.05) is 5.32 Å². The minimum absolute atomic E-state index is 0.0409. The second kappa shape index (κ2) is 5.48. The first-order valence-corrected chi connectivity index (χ1v) is 7.01. The maximum atomic E-state index is 12.3. The Bertz CT molecular complexity index is 837. The first kappa shape index (κ1) is 14.1. The third-order valence-corrected chi connectivity index (χ3v) is 3.39. The summed E-state index contributed by atoms with van der Waals surface area (Å²) in [5, 5.41) is 17.7. The van der Waals surface area contributed by atoms with Gasteiger partial charge in [-0.2, -0.15) is 5.10 Å². The maximum Gasteiger partial charge on any atom is 0.257 e. The van der Waals surface area contributed by atoms with E-state index in [4.69, 9.17) is 0 Å². The zero-order valence-electron chi connectivity index (χ0n) is 12.4. The van der Waals surface area contributed by atoms with Crippen molar-refractivity contribution in [2.24, 2.45) is 0 Å². The van der Waals surface area contributed by atoms with Crippen molar-refractivity contribution >= 4 is 22.6 Å². The number of aryl methyl sites for hydroxylation is 2. The molecule has 0 saturated carbocycles. The van der Waals surface area contributed by atoms with Crippen molar-refractivity contribution in [2.45, 2.75) is 20.4 Å². The van der Waals surface area contributed by atoms with Crippen molar-refractivity contribution in [3.8, 4) is 5.75 Å². The number of hydrogen-bond donors (Lipinski definition) is 2. The highest BCUT2D eigenvalue weighted by atomic mass is 16.3. The van der Waals surface area contributed by atoms with Gasteiger partial charge in [0.15, 0.2) is 0 Å². The normalized spacial score (nSPS) is 10.8. The number of rotatable bonds is 3. The van der Waals surface area contributed by atoms with Crippen molar-refractivity contribution in [1.29, 1.82) is 0 Å². The molecule has 3 aromatic rings. The number of amides is 1. The van der Waals surface area contributed by atoms with Gasteiger partial charge in [-0.1, -0.05) is 6.07 Å². The zero-order valence-corrected chi connectivity index (χ0v) is 12.4. The van der Waals surface area contributed by atoms with Gasteiger partial charge in [0.25, 0.3) is 5.91 Å². The van der Waals surface area contributed by atoms with Gasteiger partial charge < -0.3 is 10.4 Å². The van der Waals surface area contributed by atoms with E-state index in [0.29, 0.717) is 28.8 Å². The minimum atomic E-state index is -0.334. The molecule has 0 unspecified atom stereocenters. The summed E-state index contributed by atoms with van der Waals surface area (Å²) < 4.78 is 1.72. The summed E-state index contributed by atoms with van der Waals surface area (Å²) in [6.07, 6.45) is 3.44. The maximum absolute atomic E-state index is 12.3. The van der Waals surface area contributed by atoms with Crippen LogP contribution in [-0.2, 0) is 6.54 Å². The van der Waals surface area contributed by atoms with Crippen LogP contribution < -0.4 is 5.32 Å². The van der Waals surface area contributed by atoms with Crippen molar-refractivity contribution in [1.82, 2.24) is 14.8 Å². The Kier molecular flexibility index (Phi) is 3.50. The van der Waals surface area contributed by atoms with Gasteiger partial charge in [-0.05, 0) is 37.6 Å². The molecule has 112 valence electrons. The van der Waals surface area contributed by atoms with E-state index in [9.17, 15) is 9.90 Å². The number of aromatic hydroxyl groups is 1. The predicted octanol–water partition coefficient (Wildman–Crippen LogP) is 2.72. The molecule has 0 spiro atoms. The van der Waals surface area contributed by atoms with Crippen LogP contribution >= 0.6 is 0 Å². The van der Waals surface area contributed by atoms with Crippen molar-refractivity contribution in [3.05, 3.63) is 47.8 Å². The number of phenols is 1. The third kappa shape index (κ3) is 2.63. The smallest absolute Gasteiger partial charge is 0.257 e. The molecular formula is C16H16N4O2. The molecule has 1 aromatic carbocycles. The number of nitrogens with one attached hydrogen (secondary N) is 1. The lowest BCUT2D eigenvalue weighted by Gasteiger charge is -2.05. The number of benzene rings is 1. The number of phenolic OH excluding ortho intramolecular Hbond substituents is 1. The summed E-state index contributed by atoms with van der Waals surface area (Å²) in [6.45, 7) is 4.58. The minimum Gasteiger partial charge on any atom is -0.507 e. The summed E-state index contributed by atoms with van der Waals surface area (Å²) in [4.78, 5) is 16.4. The van der Waals surface area contributed by atoms with Gasteiger partial charge in [0.05, 0.1) is 10.9 Å². The Hall–Kier alpha value is -2.89. The van der Waals surface area contributed by atoms with E-state index in [0.717, 1.165) is 5.56 Å². The molecule has 0 aliphatic heterocycles. The molecular weight excluding hydrogens is 280 g/mol. The molecule has 1 amide bonds. The van der Waals surface area contributed by atoms with E-state index in [1.165, 1.54) is 6.07 Å². The summed E-state index contributed by atoms with van der Waals surface area (Å²) in [6, 6.07) is 6.70.